The first-order chi connectivity index (χ1) is 9.15. The van der Waals surface area contributed by atoms with Gasteiger partial charge in [0.2, 0.25) is 11.8 Å². The largest absolute Gasteiger partial charge is 0.486 e. The smallest absolute Gasteiger partial charge is 0.227 e. The van der Waals surface area contributed by atoms with Crippen LogP contribution in [0, 0.1) is 5.92 Å². The topological polar surface area (TPSA) is 81.9 Å². The highest BCUT2D eigenvalue weighted by molar-refractivity contribution is 6.00. The van der Waals surface area contributed by atoms with E-state index in [0.717, 1.165) is 0 Å². The summed E-state index contributed by atoms with van der Waals surface area (Å²) in [7, 11) is 0. The Balaban J connectivity index is 1.86. The van der Waals surface area contributed by atoms with E-state index in [1.807, 2.05) is 0 Å². The van der Waals surface area contributed by atoms with Gasteiger partial charge in [0.15, 0.2) is 11.5 Å². The standard InChI is InChI=1S/C13H14N2O4/c14-13(17)8-5-12(16)15(7-8)9-1-2-10-11(6-9)19-4-3-18-10/h1-2,6,8H,3-5,7H2,(H2,14,17)/t8-/m1/s1. The summed E-state index contributed by atoms with van der Waals surface area (Å²) in [6, 6.07) is 5.32. The molecule has 6 nitrogen and oxygen atoms in total. The van der Waals surface area contributed by atoms with Gasteiger partial charge in [0.25, 0.3) is 0 Å². The summed E-state index contributed by atoms with van der Waals surface area (Å²) in [5.41, 5.74) is 5.96. The highest BCUT2D eigenvalue weighted by Crippen LogP contribution is 2.35. The quantitative estimate of drug-likeness (QED) is 0.830. The third-order valence-corrected chi connectivity index (χ3v) is 3.36. The number of benzene rings is 1. The summed E-state index contributed by atoms with van der Waals surface area (Å²) in [4.78, 5) is 24.6. The first-order valence-corrected chi connectivity index (χ1v) is 6.14. The van der Waals surface area contributed by atoms with Crippen LogP contribution in [0.1, 0.15) is 6.42 Å². The number of ether oxygens (including phenoxy) is 2. The predicted molar refractivity (Wildman–Crippen MR) is 67.1 cm³/mol. The molecule has 1 aromatic rings. The lowest BCUT2D eigenvalue weighted by atomic mass is 10.1. The van der Waals surface area contributed by atoms with E-state index in [2.05, 4.69) is 0 Å². The number of fused-ring (bicyclic) bond motifs is 1. The van der Waals surface area contributed by atoms with E-state index in [-0.39, 0.29) is 12.3 Å². The molecule has 1 fully saturated rings. The molecule has 1 saturated heterocycles. The van der Waals surface area contributed by atoms with Gasteiger partial charge in [-0.2, -0.15) is 0 Å². The fourth-order valence-electron chi connectivity index (χ4n) is 2.35. The van der Waals surface area contributed by atoms with Crippen molar-refractivity contribution in [3.63, 3.8) is 0 Å². The van der Waals surface area contributed by atoms with E-state index in [1.54, 1.807) is 23.1 Å². The third-order valence-electron chi connectivity index (χ3n) is 3.36. The number of hydrogen-bond donors (Lipinski definition) is 1. The van der Waals surface area contributed by atoms with Gasteiger partial charge in [-0.1, -0.05) is 0 Å². The monoisotopic (exact) mass is 262 g/mol. The Bertz CT molecular complexity index is 543. The molecule has 0 radical (unpaired) electrons. The minimum absolute atomic E-state index is 0.0968. The van der Waals surface area contributed by atoms with E-state index in [9.17, 15) is 9.59 Å². The Kier molecular flexibility index (Phi) is 2.77. The summed E-state index contributed by atoms with van der Waals surface area (Å²) >= 11 is 0. The number of hydrogen-bond acceptors (Lipinski definition) is 4. The molecular weight excluding hydrogens is 248 g/mol. The first kappa shape index (κ1) is 11.8. The van der Waals surface area contributed by atoms with Crippen molar-refractivity contribution in [1.82, 2.24) is 0 Å². The molecule has 0 spiro atoms. The molecule has 0 saturated carbocycles. The van der Waals surface area contributed by atoms with E-state index >= 15 is 0 Å². The fraction of sp³-hybridized carbons (Fsp3) is 0.385. The zero-order valence-corrected chi connectivity index (χ0v) is 10.3. The maximum atomic E-state index is 11.9. The van der Waals surface area contributed by atoms with Crippen LogP contribution in [0.4, 0.5) is 5.69 Å². The van der Waals surface area contributed by atoms with E-state index in [0.29, 0.717) is 36.9 Å². The minimum atomic E-state index is -0.437. The molecule has 3 rings (SSSR count). The fourth-order valence-corrected chi connectivity index (χ4v) is 2.35. The van der Waals surface area contributed by atoms with Crippen molar-refractivity contribution in [2.45, 2.75) is 6.42 Å². The highest BCUT2D eigenvalue weighted by atomic mass is 16.6. The molecule has 0 bridgehead atoms. The number of primary amides is 1. The van der Waals surface area contributed by atoms with Crippen molar-refractivity contribution in [2.24, 2.45) is 11.7 Å². The molecular formula is C13H14N2O4. The lowest BCUT2D eigenvalue weighted by molar-refractivity contribution is -0.123. The van der Waals surface area contributed by atoms with Gasteiger partial charge in [0.05, 0.1) is 5.92 Å². The zero-order valence-electron chi connectivity index (χ0n) is 10.3. The summed E-state index contributed by atoms with van der Waals surface area (Å²) in [6.45, 7) is 1.35. The molecule has 6 heteroatoms. The second-order valence-corrected chi connectivity index (χ2v) is 4.64. The molecule has 0 aromatic heterocycles. The van der Waals surface area contributed by atoms with Crippen LogP contribution in [-0.4, -0.2) is 31.6 Å². The Labute approximate surface area is 110 Å². The van der Waals surface area contributed by atoms with Crippen LogP contribution in [0.5, 0.6) is 11.5 Å². The van der Waals surface area contributed by atoms with Gasteiger partial charge in [-0.25, -0.2) is 0 Å². The maximum absolute atomic E-state index is 11.9. The van der Waals surface area contributed by atoms with Crippen molar-refractivity contribution in [3.8, 4) is 11.5 Å². The summed E-state index contributed by atoms with van der Waals surface area (Å²) < 4.78 is 10.9. The van der Waals surface area contributed by atoms with Crippen molar-refractivity contribution < 1.29 is 19.1 Å². The van der Waals surface area contributed by atoms with Crippen molar-refractivity contribution in [2.75, 3.05) is 24.7 Å². The number of nitrogens with two attached hydrogens (primary N) is 1. The lowest BCUT2D eigenvalue weighted by Gasteiger charge is -2.22. The van der Waals surface area contributed by atoms with Crippen LogP contribution in [0.2, 0.25) is 0 Å². The molecule has 2 aliphatic rings. The van der Waals surface area contributed by atoms with Gasteiger partial charge in [-0.15, -0.1) is 0 Å². The first-order valence-electron chi connectivity index (χ1n) is 6.14. The Morgan fingerprint density at radius 1 is 1.26 bits per heavy atom. The average Bonchev–Trinajstić information content (AvgIpc) is 2.80. The van der Waals surface area contributed by atoms with Crippen LogP contribution < -0.4 is 20.1 Å². The number of carbonyl (C=O) groups is 2. The molecule has 0 unspecified atom stereocenters. The SMILES string of the molecule is NC(=O)[C@@H]1CC(=O)N(c2ccc3c(c2)OCCO3)C1. The number of nitrogens with zero attached hydrogens (tertiary/aromatic N) is 1. The summed E-state index contributed by atoms with van der Waals surface area (Å²) in [5, 5.41) is 0. The number of rotatable bonds is 2. The van der Waals surface area contributed by atoms with Crippen LogP contribution in [-0.2, 0) is 9.59 Å². The molecule has 2 aliphatic heterocycles. The number of anilines is 1. The van der Waals surface area contributed by atoms with Gasteiger partial charge in [0, 0.05) is 24.7 Å². The van der Waals surface area contributed by atoms with Gasteiger partial charge in [-0.3, -0.25) is 9.59 Å². The summed E-state index contributed by atoms with van der Waals surface area (Å²) in [5.74, 6) is 0.349. The van der Waals surface area contributed by atoms with Gasteiger partial charge < -0.3 is 20.1 Å². The van der Waals surface area contributed by atoms with Crippen molar-refractivity contribution >= 4 is 17.5 Å². The number of amides is 2. The molecule has 1 atom stereocenters. The van der Waals surface area contributed by atoms with Crippen molar-refractivity contribution in [1.29, 1.82) is 0 Å². The molecule has 2 heterocycles. The highest BCUT2D eigenvalue weighted by Gasteiger charge is 2.34. The maximum Gasteiger partial charge on any atom is 0.227 e. The van der Waals surface area contributed by atoms with Crippen molar-refractivity contribution in [3.05, 3.63) is 18.2 Å². The second-order valence-electron chi connectivity index (χ2n) is 4.64. The normalized spacial score (nSPS) is 21.6. The molecule has 0 aliphatic carbocycles. The molecule has 2 amide bonds. The Morgan fingerprint density at radius 3 is 2.68 bits per heavy atom. The van der Waals surface area contributed by atoms with E-state index in [4.69, 9.17) is 15.2 Å². The number of carbonyl (C=O) groups excluding carboxylic acids is 2. The van der Waals surface area contributed by atoms with E-state index < -0.39 is 11.8 Å². The van der Waals surface area contributed by atoms with Crippen LogP contribution in [0.15, 0.2) is 18.2 Å². The molecule has 1 aromatic carbocycles. The predicted octanol–water partition coefficient (Wildman–Crippen LogP) is 0.296. The van der Waals surface area contributed by atoms with Crippen LogP contribution in [0.3, 0.4) is 0 Å². The minimum Gasteiger partial charge on any atom is -0.486 e. The molecule has 100 valence electrons. The Hall–Kier alpha value is -2.24. The van der Waals surface area contributed by atoms with Crippen LogP contribution >= 0.6 is 0 Å². The average molecular weight is 262 g/mol. The van der Waals surface area contributed by atoms with Gasteiger partial charge in [0.1, 0.15) is 13.2 Å². The summed E-state index contributed by atoms with van der Waals surface area (Å²) in [6.07, 6.45) is 0.170. The van der Waals surface area contributed by atoms with Gasteiger partial charge >= 0.3 is 0 Å². The zero-order chi connectivity index (χ0) is 13.4. The lowest BCUT2D eigenvalue weighted by Crippen LogP contribution is -2.28. The molecule has 2 N–H and O–H groups in total. The van der Waals surface area contributed by atoms with E-state index in [1.165, 1.54) is 0 Å². The third kappa shape index (κ3) is 2.09. The van der Waals surface area contributed by atoms with Crippen LogP contribution in [0.25, 0.3) is 0 Å². The van der Waals surface area contributed by atoms with Gasteiger partial charge in [-0.05, 0) is 12.1 Å². The second kappa shape index (κ2) is 4.46. The Morgan fingerprint density at radius 2 is 2.00 bits per heavy atom. The molecule has 19 heavy (non-hydrogen) atoms.